The molecular weight excluding hydrogens is 410 g/mol. The van der Waals surface area contributed by atoms with Crippen molar-refractivity contribution >= 4 is 17.7 Å². The van der Waals surface area contributed by atoms with Crippen molar-refractivity contribution in [3.8, 4) is 17.2 Å². The number of benzene rings is 2. The predicted molar refractivity (Wildman–Crippen MR) is 120 cm³/mol. The number of thioether (sulfide) groups is 1. The molecule has 2 heterocycles. The van der Waals surface area contributed by atoms with Crippen LogP contribution in [0.5, 0.6) is 11.5 Å². The molecule has 0 unspecified atom stereocenters. The van der Waals surface area contributed by atoms with E-state index in [2.05, 4.69) is 22.0 Å². The molecule has 1 aliphatic heterocycles. The van der Waals surface area contributed by atoms with Crippen LogP contribution in [0.15, 0.2) is 53.7 Å². The van der Waals surface area contributed by atoms with Crippen LogP contribution < -0.4 is 14.8 Å². The number of hydrogen-bond donors (Lipinski definition) is 1. The number of nitrogens with zero attached hydrogens (tertiary/aromatic N) is 2. The van der Waals surface area contributed by atoms with E-state index in [0.29, 0.717) is 6.54 Å². The van der Waals surface area contributed by atoms with Gasteiger partial charge >= 0.3 is 0 Å². The first-order valence-corrected chi connectivity index (χ1v) is 11.6. The Kier molecular flexibility index (Phi) is 5.59. The van der Waals surface area contributed by atoms with Crippen molar-refractivity contribution < 1.29 is 14.3 Å². The van der Waals surface area contributed by atoms with Crippen LogP contribution in [0.1, 0.15) is 36.7 Å². The molecule has 6 nitrogen and oxygen atoms in total. The first kappa shape index (κ1) is 20.0. The van der Waals surface area contributed by atoms with Crippen LogP contribution in [0, 0.1) is 0 Å². The van der Waals surface area contributed by atoms with Crippen LogP contribution >= 0.6 is 11.8 Å². The average Bonchev–Trinajstić information content (AvgIpc) is 3.41. The summed E-state index contributed by atoms with van der Waals surface area (Å²) in [6.07, 6.45) is 4.39. The third-order valence-electron chi connectivity index (χ3n) is 5.67. The van der Waals surface area contributed by atoms with Crippen molar-refractivity contribution in [3.63, 3.8) is 0 Å². The van der Waals surface area contributed by atoms with Gasteiger partial charge in [-0.15, -0.1) is 0 Å². The van der Waals surface area contributed by atoms with Gasteiger partial charge in [0.2, 0.25) is 12.7 Å². The number of nitrogens with one attached hydrogen (secondary N) is 1. The van der Waals surface area contributed by atoms with Crippen LogP contribution in [-0.4, -0.2) is 27.5 Å². The second kappa shape index (κ2) is 8.67. The third-order valence-corrected chi connectivity index (χ3v) is 6.72. The number of carbonyl (C=O) groups excluding carboxylic acids is 1. The maximum atomic E-state index is 12.8. The zero-order valence-corrected chi connectivity index (χ0v) is 18.3. The van der Waals surface area contributed by atoms with E-state index in [0.717, 1.165) is 40.7 Å². The largest absolute Gasteiger partial charge is 0.454 e. The molecule has 0 radical (unpaired) electrons. The highest BCUT2D eigenvalue weighted by Crippen LogP contribution is 2.34. The fourth-order valence-corrected chi connectivity index (χ4v) is 5.02. The Hall–Kier alpha value is -2.93. The van der Waals surface area contributed by atoms with Crippen LogP contribution in [0.4, 0.5) is 0 Å². The van der Waals surface area contributed by atoms with Crippen molar-refractivity contribution in [2.75, 3.05) is 6.79 Å². The minimum absolute atomic E-state index is 0.0109. The molecule has 1 N–H and O–H groups in total. The van der Waals surface area contributed by atoms with Gasteiger partial charge in [-0.25, -0.2) is 4.98 Å². The number of fused-ring (bicyclic) bond motifs is 2. The summed E-state index contributed by atoms with van der Waals surface area (Å²) < 4.78 is 13.0. The maximum Gasteiger partial charge on any atom is 0.233 e. The van der Waals surface area contributed by atoms with Gasteiger partial charge < -0.3 is 14.8 Å². The lowest BCUT2D eigenvalue weighted by Crippen LogP contribution is -2.30. The fraction of sp³-hybridized carbons (Fsp3) is 0.333. The van der Waals surface area contributed by atoms with Crippen LogP contribution in [0.3, 0.4) is 0 Å². The molecule has 160 valence electrons. The number of aromatic nitrogens is 2. The quantitative estimate of drug-likeness (QED) is 0.586. The van der Waals surface area contributed by atoms with Gasteiger partial charge in [-0.2, -0.15) is 0 Å². The Morgan fingerprint density at radius 1 is 1.13 bits per heavy atom. The van der Waals surface area contributed by atoms with Gasteiger partial charge in [-0.1, -0.05) is 36.0 Å². The van der Waals surface area contributed by atoms with E-state index in [-0.39, 0.29) is 18.0 Å². The number of hydrogen-bond acceptors (Lipinski definition) is 5. The number of rotatable bonds is 6. The number of aryl methyl sites for hydroxylation is 1. The summed E-state index contributed by atoms with van der Waals surface area (Å²) in [7, 11) is 0. The SMILES string of the molecule is C[C@H](Sc1nc2c(n1-c1ccccc1)CCCC2)C(=O)NCc1ccc2c(c1)OCO2. The van der Waals surface area contributed by atoms with Crippen molar-refractivity contribution in [2.45, 2.75) is 49.6 Å². The second-order valence-corrected chi connectivity index (χ2v) is 9.14. The Labute approximate surface area is 186 Å². The van der Waals surface area contributed by atoms with Crippen molar-refractivity contribution in [3.05, 3.63) is 65.5 Å². The summed E-state index contributed by atoms with van der Waals surface area (Å²) in [5.74, 6) is 1.46. The van der Waals surface area contributed by atoms with Crippen LogP contribution in [0.2, 0.25) is 0 Å². The molecule has 2 aliphatic rings. The van der Waals surface area contributed by atoms with Gasteiger partial charge in [0.1, 0.15) is 0 Å². The molecule has 31 heavy (non-hydrogen) atoms. The van der Waals surface area contributed by atoms with E-state index >= 15 is 0 Å². The molecule has 0 bridgehead atoms. The number of amides is 1. The Morgan fingerprint density at radius 3 is 2.81 bits per heavy atom. The highest BCUT2D eigenvalue weighted by atomic mass is 32.2. The molecule has 2 aromatic carbocycles. The topological polar surface area (TPSA) is 65.4 Å². The summed E-state index contributed by atoms with van der Waals surface area (Å²) in [5, 5.41) is 3.67. The normalized spacial score (nSPS) is 15.4. The first-order valence-electron chi connectivity index (χ1n) is 10.7. The van der Waals surface area contributed by atoms with Gasteiger partial charge in [0.25, 0.3) is 0 Å². The Balaban J connectivity index is 1.30. The van der Waals surface area contributed by atoms with Gasteiger partial charge in [-0.3, -0.25) is 9.36 Å². The summed E-state index contributed by atoms with van der Waals surface area (Å²) in [5.41, 5.74) is 4.54. The highest BCUT2D eigenvalue weighted by Gasteiger charge is 2.24. The van der Waals surface area contributed by atoms with E-state index in [9.17, 15) is 4.79 Å². The minimum atomic E-state index is -0.264. The van der Waals surface area contributed by atoms with E-state index in [1.54, 1.807) is 0 Å². The number of carbonyl (C=O) groups is 1. The van der Waals surface area contributed by atoms with Crippen molar-refractivity contribution in [1.82, 2.24) is 14.9 Å². The van der Waals surface area contributed by atoms with Gasteiger partial charge in [0, 0.05) is 17.9 Å². The molecule has 0 saturated carbocycles. The monoisotopic (exact) mass is 435 g/mol. The van der Waals surface area contributed by atoms with E-state index in [4.69, 9.17) is 14.5 Å². The molecular formula is C24H25N3O3S. The van der Waals surface area contributed by atoms with Gasteiger partial charge in [-0.05, 0) is 62.4 Å². The summed E-state index contributed by atoms with van der Waals surface area (Å²) in [6.45, 7) is 2.63. The lowest BCUT2D eigenvalue weighted by Gasteiger charge is -2.16. The zero-order valence-electron chi connectivity index (χ0n) is 17.5. The zero-order chi connectivity index (χ0) is 21.2. The number of imidazole rings is 1. The molecule has 0 spiro atoms. The molecule has 1 aliphatic carbocycles. The first-order chi connectivity index (χ1) is 15.2. The molecule has 1 amide bonds. The molecule has 0 saturated heterocycles. The third kappa shape index (κ3) is 4.14. The van der Waals surface area contributed by atoms with E-state index in [1.165, 1.54) is 36.0 Å². The summed E-state index contributed by atoms with van der Waals surface area (Å²) >= 11 is 1.52. The standard InChI is InChI=1S/C24H25N3O3S/c1-16(23(28)25-14-17-11-12-21-22(13-17)30-15-29-21)31-24-26-19-9-5-6-10-20(19)27(24)18-7-3-2-4-8-18/h2-4,7-8,11-13,16H,5-6,9-10,14-15H2,1H3,(H,25,28)/t16-/m0/s1. The van der Waals surface area contributed by atoms with Gasteiger partial charge in [0.15, 0.2) is 16.7 Å². The smallest absolute Gasteiger partial charge is 0.233 e. The van der Waals surface area contributed by atoms with E-state index in [1.807, 2.05) is 43.3 Å². The molecule has 7 heteroatoms. The fourth-order valence-electron chi connectivity index (χ4n) is 4.03. The van der Waals surface area contributed by atoms with Crippen LogP contribution in [-0.2, 0) is 24.2 Å². The number of para-hydroxylation sites is 1. The summed E-state index contributed by atoms with van der Waals surface area (Å²) in [6, 6.07) is 16.0. The van der Waals surface area contributed by atoms with Gasteiger partial charge in [0.05, 0.1) is 10.9 Å². The molecule has 1 atom stereocenters. The summed E-state index contributed by atoms with van der Waals surface area (Å²) in [4.78, 5) is 17.7. The number of ether oxygens (including phenoxy) is 2. The maximum absolute atomic E-state index is 12.8. The van der Waals surface area contributed by atoms with Crippen LogP contribution in [0.25, 0.3) is 5.69 Å². The molecule has 0 fully saturated rings. The molecule has 5 rings (SSSR count). The van der Waals surface area contributed by atoms with E-state index < -0.39 is 0 Å². The Bertz CT molecular complexity index is 1100. The van der Waals surface area contributed by atoms with Crippen molar-refractivity contribution in [2.24, 2.45) is 0 Å². The average molecular weight is 436 g/mol. The predicted octanol–water partition coefficient (Wildman–Crippen LogP) is 4.28. The highest BCUT2D eigenvalue weighted by molar-refractivity contribution is 8.00. The molecule has 1 aromatic heterocycles. The molecule has 3 aromatic rings. The van der Waals surface area contributed by atoms with Crippen molar-refractivity contribution in [1.29, 1.82) is 0 Å². The Morgan fingerprint density at radius 2 is 1.94 bits per heavy atom. The second-order valence-electron chi connectivity index (χ2n) is 7.83. The lowest BCUT2D eigenvalue weighted by molar-refractivity contribution is -0.120. The minimum Gasteiger partial charge on any atom is -0.454 e. The lowest BCUT2D eigenvalue weighted by atomic mass is 10.0.